The third-order valence-corrected chi connectivity index (χ3v) is 5.91. The lowest BCUT2D eigenvalue weighted by atomic mass is 9.84. The van der Waals surface area contributed by atoms with Crippen molar-refractivity contribution in [2.45, 2.75) is 39.5 Å². The molecular formula is C20H29IN4O2S. The number of hydrogen-bond acceptors (Lipinski definition) is 5. The molecule has 0 saturated carbocycles. The van der Waals surface area contributed by atoms with E-state index in [1.165, 1.54) is 10.4 Å². The molecule has 28 heavy (non-hydrogen) atoms. The van der Waals surface area contributed by atoms with Crippen LogP contribution in [0.3, 0.4) is 0 Å². The van der Waals surface area contributed by atoms with Gasteiger partial charge in [-0.05, 0) is 31.5 Å². The van der Waals surface area contributed by atoms with Crippen LogP contribution in [0, 0.1) is 13.8 Å². The van der Waals surface area contributed by atoms with Crippen molar-refractivity contribution in [3.8, 4) is 11.5 Å². The van der Waals surface area contributed by atoms with Gasteiger partial charge in [0, 0.05) is 36.9 Å². The third-order valence-electron chi connectivity index (χ3n) is 4.78. The Labute approximate surface area is 188 Å². The van der Waals surface area contributed by atoms with Gasteiger partial charge in [-0.25, -0.2) is 4.98 Å². The van der Waals surface area contributed by atoms with Crippen LogP contribution in [0.1, 0.15) is 35.0 Å². The first-order chi connectivity index (χ1) is 12.9. The summed E-state index contributed by atoms with van der Waals surface area (Å²) in [7, 11) is 1.79. The van der Waals surface area contributed by atoms with E-state index in [1.54, 1.807) is 18.4 Å². The normalized spacial score (nSPS) is 13.2. The SMILES string of the molecule is CN=C(NCCc1nc(C)c(C)s1)NCC(C)(C)c1ccc2c(c1)OCO2.I. The molecule has 0 amide bonds. The van der Waals surface area contributed by atoms with Gasteiger partial charge in [0.25, 0.3) is 0 Å². The van der Waals surface area contributed by atoms with Crippen LogP contribution in [0.25, 0.3) is 0 Å². The molecule has 2 N–H and O–H groups in total. The minimum absolute atomic E-state index is 0. The van der Waals surface area contributed by atoms with Crippen molar-refractivity contribution in [2.24, 2.45) is 4.99 Å². The standard InChI is InChI=1S/C20H28N4O2S.HI/c1-13-14(2)27-18(24-13)8-9-22-19(21-5)23-11-20(3,4)15-6-7-16-17(10-15)26-12-25-16;/h6-7,10H,8-9,11-12H2,1-5H3,(H2,21,22,23);1H. The number of aromatic nitrogens is 1. The number of hydrogen-bond donors (Lipinski definition) is 2. The molecule has 2 aromatic rings. The first-order valence-electron chi connectivity index (χ1n) is 9.16. The van der Waals surface area contributed by atoms with Crippen LogP contribution in [0.4, 0.5) is 0 Å². The average molecular weight is 516 g/mol. The zero-order valence-corrected chi connectivity index (χ0v) is 20.2. The second-order valence-electron chi connectivity index (χ2n) is 7.30. The van der Waals surface area contributed by atoms with Gasteiger partial charge in [0.2, 0.25) is 6.79 Å². The molecule has 154 valence electrons. The fourth-order valence-electron chi connectivity index (χ4n) is 2.88. The molecule has 6 nitrogen and oxygen atoms in total. The summed E-state index contributed by atoms with van der Waals surface area (Å²) in [5.74, 6) is 2.43. The Morgan fingerprint density at radius 2 is 1.96 bits per heavy atom. The van der Waals surface area contributed by atoms with Gasteiger partial charge in [-0.2, -0.15) is 0 Å². The number of fused-ring (bicyclic) bond motifs is 1. The fourth-order valence-corrected chi connectivity index (χ4v) is 3.81. The number of guanidine groups is 1. The van der Waals surface area contributed by atoms with Gasteiger partial charge in [-0.1, -0.05) is 19.9 Å². The lowest BCUT2D eigenvalue weighted by molar-refractivity contribution is 0.174. The highest BCUT2D eigenvalue weighted by Crippen LogP contribution is 2.36. The summed E-state index contributed by atoms with van der Waals surface area (Å²) in [5.41, 5.74) is 2.24. The molecule has 3 rings (SSSR count). The number of nitrogens with one attached hydrogen (secondary N) is 2. The van der Waals surface area contributed by atoms with E-state index in [-0.39, 0.29) is 29.4 Å². The van der Waals surface area contributed by atoms with Gasteiger partial charge in [-0.15, -0.1) is 35.3 Å². The summed E-state index contributed by atoms with van der Waals surface area (Å²) in [5, 5.41) is 7.96. The molecule has 1 aliphatic rings. The highest BCUT2D eigenvalue weighted by Gasteiger charge is 2.24. The molecule has 0 atom stereocenters. The molecule has 0 fully saturated rings. The molecule has 0 unspecified atom stereocenters. The summed E-state index contributed by atoms with van der Waals surface area (Å²) in [6.07, 6.45) is 0.894. The molecule has 0 radical (unpaired) electrons. The van der Waals surface area contributed by atoms with Gasteiger partial charge < -0.3 is 20.1 Å². The summed E-state index contributed by atoms with van der Waals surface area (Å²) in [6.45, 7) is 10.4. The maximum absolute atomic E-state index is 5.50. The highest BCUT2D eigenvalue weighted by atomic mass is 127. The van der Waals surface area contributed by atoms with E-state index >= 15 is 0 Å². The number of benzene rings is 1. The molecule has 0 saturated heterocycles. The van der Waals surface area contributed by atoms with Crippen LogP contribution in [0.15, 0.2) is 23.2 Å². The average Bonchev–Trinajstić information content (AvgIpc) is 3.23. The summed E-state index contributed by atoms with van der Waals surface area (Å²) < 4.78 is 10.9. The topological polar surface area (TPSA) is 67.8 Å². The molecular weight excluding hydrogens is 487 g/mol. The number of halogens is 1. The van der Waals surface area contributed by atoms with Crippen molar-refractivity contribution >= 4 is 41.3 Å². The van der Waals surface area contributed by atoms with Crippen molar-refractivity contribution in [3.05, 3.63) is 39.3 Å². The first-order valence-corrected chi connectivity index (χ1v) is 9.98. The van der Waals surface area contributed by atoms with E-state index < -0.39 is 0 Å². The Hall–Kier alpha value is -1.55. The van der Waals surface area contributed by atoms with E-state index in [2.05, 4.69) is 60.4 Å². The Bertz CT molecular complexity index is 816. The Balaban J connectivity index is 0.00000280. The second-order valence-corrected chi connectivity index (χ2v) is 8.59. The molecule has 8 heteroatoms. The molecule has 0 spiro atoms. The summed E-state index contributed by atoms with van der Waals surface area (Å²) >= 11 is 1.76. The van der Waals surface area contributed by atoms with Gasteiger partial charge in [0.05, 0.1) is 10.7 Å². The van der Waals surface area contributed by atoms with Crippen LogP contribution in [0.2, 0.25) is 0 Å². The summed E-state index contributed by atoms with van der Waals surface area (Å²) in [4.78, 5) is 10.2. The van der Waals surface area contributed by atoms with E-state index in [9.17, 15) is 0 Å². The lowest BCUT2D eigenvalue weighted by Crippen LogP contribution is -2.44. The largest absolute Gasteiger partial charge is 0.454 e. The van der Waals surface area contributed by atoms with Crippen molar-refractivity contribution < 1.29 is 9.47 Å². The minimum Gasteiger partial charge on any atom is -0.454 e. The zero-order chi connectivity index (χ0) is 19.4. The van der Waals surface area contributed by atoms with Crippen LogP contribution < -0.4 is 20.1 Å². The predicted octanol–water partition coefficient (Wildman–Crippen LogP) is 3.79. The molecule has 0 bridgehead atoms. The fraction of sp³-hybridized carbons (Fsp3) is 0.500. The van der Waals surface area contributed by atoms with Crippen molar-refractivity contribution in [3.63, 3.8) is 0 Å². The predicted molar refractivity (Wildman–Crippen MR) is 126 cm³/mol. The molecule has 0 aliphatic carbocycles. The molecule has 2 heterocycles. The van der Waals surface area contributed by atoms with E-state index in [1.807, 2.05) is 6.07 Å². The highest BCUT2D eigenvalue weighted by molar-refractivity contribution is 14.0. The second kappa shape index (κ2) is 9.78. The molecule has 1 aromatic carbocycles. The Kier molecular flexibility index (Phi) is 7.94. The summed E-state index contributed by atoms with van der Waals surface area (Å²) in [6, 6.07) is 6.14. The van der Waals surface area contributed by atoms with Crippen molar-refractivity contribution in [1.29, 1.82) is 0 Å². The zero-order valence-electron chi connectivity index (χ0n) is 17.1. The monoisotopic (exact) mass is 516 g/mol. The van der Waals surface area contributed by atoms with Crippen LogP contribution in [-0.4, -0.2) is 37.9 Å². The van der Waals surface area contributed by atoms with Crippen molar-refractivity contribution in [1.82, 2.24) is 15.6 Å². The molecule has 1 aromatic heterocycles. The number of aryl methyl sites for hydroxylation is 2. The maximum Gasteiger partial charge on any atom is 0.231 e. The van der Waals surface area contributed by atoms with Crippen LogP contribution >= 0.6 is 35.3 Å². The van der Waals surface area contributed by atoms with Crippen molar-refractivity contribution in [2.75, 3.05) is 26.9 Å². The number of nitrogens with zero attached hydrogens (tertiary/aromatic N) is 2. The third kappa shape index (κ3) is 5.50. The number of thiazole rings is 1. The van der Waals surface area contributed by atoms with E-state index in [0.717, 1.165) is 47.7 Å². The quantitative estimate of drug-likeness (QED) is 0.348. The van der Waals surface area contributed by atoms with Crippen LogP contribution in [0.5, 0.6) is 11.5 Å². The lowest BCUT2D eigenvalue weighted by Gasteiger charge is -2.27. The Morgan fingerprint density at radius 1 is 1.21 bits per heavy atom. The van der Waals surface area contributed by atoms with Gasteiger partial charge in [0.1, 0.15) is 0 Å². The number of aliphatic imine (C=N–C) groups is 1. The van der Waals surface area contributed by atoms with E-state index in [0.29, 0.717) is 6.79 Å². The van der Waals surface area contributed by atoms with E-state index in [4.69, 9.17) is 9.47 Å². The molecule has 1 aliphatic heterocycles. The van der Waals surface area contributed by atoms with Gasteiger partial charge >= 0.3 is 0 Å². The van der Waals surface area contributed by atoms with Gasteiger partial charge in [-0.3, -0.25) is 4.99 Å². The maximum atomic E-state index is 5.50. The Morgan fingerprint density at radius 3 is 2.64 bits per heavy atom. The van der Waals surface area contributed by atoms with Gasteiger partial charge in [0.15, 0.2) is 17.5 Å². The minimum atomic E-state index is -0.0812. The van der Waals surface area contributed by atoms with Crippen LogP contribution in [-0.2, 0) is 11.8 Å². The number of rotatable bonds is 6. The first kappa shape index (κ1) is 22.7. The smallest absolute Gasteiger partial charge is 0.231 e. The number of ether oxygens (including phenoxy) is 2.